The molecule has 0 saturated heterocycles. The van der Waals surface area contributed by atoms with Gasteiger partial charge in [-0.15, -0.1) is 0 Å². The van der Waals surface area contributed by atoms with Crippen molar-refractivity contribution in [3.63, 3.8) is 0 Å². The standard InChI is InChI=1S/C20H18N2O3/c1-2-14-6-3-4-7-17(14)22-19(23)15-9-11-16(12-10-15)21-20(24)18-8-5-13-25-18/h3-13H,2H2,1H3,(H,21,24)(H,22,23). The highest BCUT2D eigenvalue weighted by molar-refractivity contribution is 6.05. The highest BCUT2D eigenvalue weighted by atomic mass is 16.3. The minimum atomic E-state index is -0.334. The van der Waals surface area contributed by atoms with Crippen molar-refractivity contribution in [1.29, 1.82) is 0 Å². The van der Waals surface area contributed by atoms with Gasteiger partial charge >= 0.3 is 0 Å². The highest BCUT2D eigenvalue weighted by Crippen LogP contribution is 2.18. The third kappa shape index (κ3) is 3.95. The Morgan fingerprint density at radius 1 is 0.880 bits per heavy atom. The van der Waals surface area contributed by atoms with Gasteiger partial charge in [0.1, 0.15) is 0 Å². The van der Waals surface area contributed by atoms with Gasteiger partial charge in [0.2, 0.25) is 0 Å². The van der Waals surface area contributed by atoms with Crippen molar-refractivity contribution in [2.24, 2.45) is 0 Å². The second kappa shape index (κ2) is 7.49. The maximum Gasteiger partial charge on any atom is 0.291 e. The quantitative estimate of drug-likeness (QED) is 0.729. The van der Waals surface area contributed by atoms with Crippen LogP contribution >= 0.6 is 0 Å². The lowest BCUT2D eigenvalue weighted by Gasteiger charge is -2.10. The average molecular weight is 334 g/mol. The molecule has 126 valence electrons. The van der Waals surface area contributed by atoms with E-state index in [1.54, 1.807) is 36.4 Å². The molecule has 0 bridgehead atoms. The Labute approximate surface area is 145 Å². The van der Waals surface area contributed by atoms with Crippen molar-refractivity contribution in [2.75, 3.05) is 10.6 Å². The topological polar surface area (TPSA) is 71.3 Å². The van der Waals surface area contributed by atoms with Gasteiger partial charge in [0.15, 0.2) is 5.76 Å². The summed E-state index contributed by atoms with van der Waals surface area (Å²) in [5.74, 6) is -0.290. The molecule has 0 aliphatic rings. The Balaban J connectivity index is 1.67. The van der Waals surface area contributed by atoms with Gasteiger partial charge in [-0.05, 0) is 54.4 Å². The molecule has 2 amide bonds. The molecule has 1 aromatic heterocycles. The molecule has 0 fully saturated rings. The zero-order valence-electron chi connectivity index (χ0n) is 13.8. The van der Waals surface area contributed by atoms with E-state index in [9.17, 15) is 9.59 Å². The summed E-state index contributed by atoms with van der Waals surface area (Å²) in [6, 6.07) is 17.6. The summed E-state index contributed by atoms with van der Waals surface area (Å²) < 4.78 is 5.04. The van der Waals surface area contributed by atoms with Crippen LogP contribution in [0, 0.1) is 0 Å². The van der Waals surface area contributed by atoms with Crippen molar-refractivity contribution in [2.45, 2.75) is 13.3 Å². The lowest BCUT2D eigenvalue weighted by Crippen LogP contribution is -2.14. The van der Waals surface area contributed by atoms with Gasteiger partial charge in [0.25, 0.3) is 11.8 Å². The monoisotopic (exact) mass is 334 g/mol. The molecular weight excluding hydrogens is 316 g/mol. The largest absolute Gasteiger partial charge is 0.459 e. The zero-order chi connectivity index (χ0) is 17.6. The maximum atomic E-state index is 12.4. The summed E-state index contributed by atoms with van der Waals surface area (Å²) in [5.41, 5.74) is 3.00. The summed E-state index contributed by atoms with van der Waals surface area (Å²) in [4.78, 5) is 24.3. The summed E-state index contributed by atoms with van der Waals surface area (Å²) in [6.45, 7) is 2.04. The number of carbonyl (C=O) groups is 2. The second-order valence-electron chi connectivity index (χ2n) is 5.47. The normalized spacial score (nSPS) is 10.3. The van der Waals surface area contributed by atoms with Gasteiger partial charge in [0.05, 0.1) is 6.26 Å². The highest BCUT2D eigenvalue weighted by Gasteiger charge is 2.11. The lowest BCUT2D eigenvalue weighted by atomic mass is 10.1. The minimum absolute atomic E-state index is 0.190. The average Bonchev–Trinajstić information content (AvgIpc) is 3.17. The van der Waals surface area contributed by atoms with Crippen LogP contribution in [-0.4, -0.2) is 11.8 Å². The lowest BCUT2D eigenvalue weighted by molar-refractivity contribution is 0.0995. The summed E-state index contributed by atoms with van der Waals surface area (Å²) in [5, 5.41) is 5.63. The van der Waals surface area contributed by atoms with E-state index in [2.05, 4.69) is 10.6 Å². The summed E-state index contributed by atoms with van der Waals surface area (Å²) >= 11 is 0. The fraction of sp³-hybridized carbons (Fsp3) is 0.100. The van der Waals surface area contributed by atoms with E-state index < -0.39 is 0 Å². The molecule has 0 aliphatic carbocycles. The molecule has 3 aromatic rings. The molecule has 3 rings (SSSR count). The van der Waals surface area contributed by atoms with Crippen LogP contribution in [0.5, 0.6) is 0 Å². The molecule has 0 atom stereocenters. The van der Waals surface area contributed by atoms with Crippen molar-refractivity contribution in [3.05, 3.63) is 83.8 Å². The smallest absolute Gasteiger partial charge is 0.291 e. The SMILES string of the molecule is CCc1ccccc1NC(=O)c1ccc(NC(=O)c2ccco2)cc1. The number of amides is 2. The first-order valence-corrected chi connectivity index (χ1v) is 8.01. The summed E-state index contributed by atoms with van der Waals surface area (Å²) in [7, 11) is 0. The predicted molar refractivity (Wildman–Crippen MR) is 96.9 cm³/mol. The number of benzene rings is 2. The Hall–Kier alpha value is -3.34. The van der Waals surface area contributed by atoms with Gasteiger partial charge in [-0.3, -0.25) is 9.59 Å². The summed E-state index contributed by atoms with van der Waals surface area (Å²) in [6.07, 6.45) is 2.28. The fourth-order valence-electron chi connectivity index (χ4n) is 2.45. The molecule has 25 heavy (non-hydrogen) atoms. The van der Waals surface area contributed by atoms with Crippen LogP contribution < -0.4 is 10.6 Å². The van der Waals surface area contributed by atoms with E-state index in [1.807, 2.05) is 31.2 Å². The molecular formula is C20H18N2O3. The Morgan fingerprint density at radius 2 is 1.64 bits per heavy atom. The first-order valence-electron chi connectivity index (χ1n) is 8.01. The van der Waals surface area contributed by atoms with E-state index in [-0.39, 0.29) is 17.6 Å². The maximum absolute atomic E-state index is 12.4. The van der Waals surface area contributed by atoms with Crippen LogP contribution in [0.4, 0.5) is 11.4 Å². The van der Waals surface area contributed by atoms with E-state index in [0.29, 0.717) is 11.3 Å². The number of nitrogens with one attached hydrogen (secondary N) is 2. The number of anilines is 2. The third-order valence-electron chi connectivity index (χ3n) is 3.80. The first-order chi connectivity index (χ1) is 12.2. The Morgan fingerprint density at radius 3 is 2.32 bits per heavy atom. The molecule has 0 saturated carbocycles. The van der Waals surface area contributed by atoms with E-state index in [0.717, 1.165) is 17.7 Å². The van der Waals surface area contributed by atoms with E-state index in [4.69, 9.17) is 4.42 Å². The molecule has 1 heterocycles. The van der Waals surface area contributed by atoms with Crippen molar-refractivity contribution < 1.29 is 14.0 Å². The first kappa shape index (κ1) is 16.5. The van der Waals surface area contributed by atoms with Crippen LogP contribution in [0.25, 0.3) is 0 Å². The van der Waals surface area contributed by atoms with Gasteiger partial charge in [-0.25, -0.2) is 0 Å². The van der Waals surface area contributed by atoms with Gasteiger partial charge in [0, 0.05) is 16.9 Å². The number of hydrogen-bond donors (Lipinski definition) is 2. The van der Waals surface area contributed by atoms with Crippen LogP contribution in [0.15, 0.2) is 71.3 Å². The minimum Gasteiger partial charge on any atom is -0.459 e. The zero-order valence-corrected chi connectivity index (χ0v) is 13.8. The molecule has 5 nitrogen and oxygen atoms in total. The van der Waals surface area contributed by atoms with Gasteiger partial charge in [-0.1, -0.05) is 25.1 Å². The van der Waals surface area contributed by atoms with Crippen LogP contribution in [0.3, 0.4) is 0 Å². The number of hydrogen-bond acceptors (Lipinski definition) is 3. The Kier molecular flexibility index (Phi) is 4.95. The number of aryl methyl sites for hydroxylation is 1. The molecule has 0 unspecified atom stereocenters. The molecule has 0 aliphatic heterocycles. The number of para-hydroxylation sites is 1. The number of furan rings is 1. The molecule has 0 radical (unpaired) electrons. The fourth-order valence-corrected chi connectivity index (χ4v) is 2.45. The third-order valence-corrected chi connectivity index (χ3v) is 3.80. The molecule has 2 aromatic carbocycles. The van der Waals surface area contributed by atoms with Crippen LogP contribution in [-0.2, 0) is 6.42 Å². The van der Waals surface area contributed by atoms with E-state index >= 15 is 0 Å². The predicted octanol–water partition coefficient (Wildman–Crippen LogP) is 4.35. The number of carbonyl (C=O) groups excluding carboxylic acids is 2. The van der Waals surface area contributed by atoms with Crippen molar-refractivity contribution in [3.8, 4) is 0 Å². The Bertz CT molecular complexity index is 868. The van der Waals surface area contributed by atoms with Crippen LogP contribution in [0.2, 0.25) is 0 Å². The molecule has 2 N–H and O–H groups in total. The number of rotatable bonds is 5. The van der Waals surface area contributed by atoms with Crippen molar-refractivity contribution >= 4 is 23.2 Å². The van der Waals surface area contributed by atoms with Crippen molar-refractivity contribution in [1.82, 2.24) is 0 Å². The van der Waals surface area contributed by atoms with Gasteiger partial charge < -0.3 is 15.1 Å². The van der Waals surface area contributed by atoms with E-state index in [1.165, 1.54) is 6.26 Å². The molecule has 5 heteroatoms. The molecule has 0 spiro atoms. The second-order valence-corrected chi connectivity index (χ2v) is 5.47. The van der Waals surface area contributed by atoms with Gasteiger partial charge in [-0.2, -0.15) is 0 Å². The van der Waals surface area contributed by atoms with Crippen LogP contribution in [0.1, 0.15) is 33.4 Å².